The predicted octanol–water partition coefficient (Wildman–Crippen LogP) is 1.61. The van der Waals surface area contributed by atoms with E-state index in [9.17, 15) is 8.42 Å². The van der Waals surface area contributed by atoms with Crippen LogP contribution in [-0.4, -0.2) is 18.0 Å². The van der Waals surface area contributed by atoms with Crippen LogP contribution in [0.1, 0.15) is 5.01 Å². The molecule has 0 aliphatic heterocycles. The highest BCUT2D eigenvalue weighted by atomic mass is 32.2. The molecule has 5 nitrogen and oxygen atoms in total. The van der Waals surface area contributed by atoms with Crippen molar-refractivity contribution in [2.45, 2.75) is 11.3 Å². The molecule has 0 amide bonds. The third-order valence-corrected chi connectivity index (χ3v) is 3.80. The summed E-state index contributed by atoms with van der Waals surface area (Å²) in [5, 5.41) is 9.14. The van der Waals surface area contributed by atoms with Crippen molar-refractivity contribution in [3.8, 4) is 6.07 Å². The zero-order chi connectivity index (χ0) is 11.8. The fourth-order valence-corrected chi connectivity index (χ4v) is 2.78. The molecule has 0 saturated carbocycles. The lowest BCUT2D eigenvalue weighted by Gasteiger charge is -1.94. The van der Waals surface area contributed by atoms with Crippen LogP contribution in [0.3, 0.4) is 0 Å². The molecule has 0 unspecified atom stereocenters. The highest BCUT2D eigenvalue weighted by Crippen LogP contribution is 2.25. The van der Waals surface area contributed by atoms with Gasteiger partial charge in [-0.05, 0) is 18.2 Å². The van der Waals surface area contributed by atoms with Crippen molar-refractivity contribution < 1.29 is 13.0 Å². The Morgan fingerprint density at radius 1 is 1.50 bits per heavy atom. The van der Waals surface area contributed by atoms with Crippen molar-refractivity contribution in [1.82, 2.24) is 4.98 Å². The maximum absolute atomic E-state index is 10.9. The Kier molecular flexibility index (Phi) is 2.63. The van der Waals surface area contributed by atoms with Gasteiger partial charge in [0.25, 0.3) is 10.1 Å². The molecule has 2 aromatic rings. The molecule has 0 fully saturated rings. The van der Waals surface area contributed by atoms with Crippen LogP contribution in [0.2, 0.25) is 0 Å². The SMILES string of the molecule is N#CCc1nc2ccc(S(=O)(=O)O)cc2s1. The molecule has 0 radical (unpaired) electrons. The summed E-state index contributed by atoms with van der Waals surface area (Å²) in [5.41, 5.74) is 0.627. The van der Waals surface area contributed by atoms with Crippen molar-refractivity contribution in [1.29, 1.82) is 5.26 Å². The molecule has 82 valence electrons. The van der Waals surface area contributed by atoms with Gasteiger partial charge in [-0.15, -0.1) is 11.3 Å². The summed E-state index contributed by atoms with van der Waals surface area (Å²) in [5.74, 6) is 0. The van der Waals surface area contributed by atoms with Crippen LogP contribution in [0.25, 0.3) is 10.2 Å². The molecule has 1 aromatic heterocycles. The molecule has 0 saturated heterocycles. The zero-order valence-corrected chi connectivity index (χ0v) is 9.55. The first-order valence-electron chi connectivity index (χ1n) is 4.24. The van der Waals surface area contributed by atoms with Crippen LogP contribution >= 0.6 is 11.3 Å². The van der Waals surface area contributed by atoms with E-state index < -0.39 is 10.1 Å². The number of nitrogens with zero attached hydrogens (tertiary/aromatic N) is 2. The van der Waals surface area contributed by atoms with Gasteiger partial charge in [0.05, 0.1) is 27.6 Å². The lowest BCUT2D eigenvalue weighted by atomic mass is 10.3. The molecule has 16 heavy (non-hydrogen) atoms. The molecule has 1 aromatic carbocycles. The fraction of sp³-hybridized carbons (Fsp3) is 0.111. The highest BCUT2D eigenvalue weighted by molar-refractivity contribution is 7.85. The Morgan fingerprint density at radius 3 is 2.88 bits per heavy atom. The Bertz CT molecular complexity index is 682. The van der Waals surface area contributed by atoms with Crippen molar-refractivity contribution in [3.63, 3.8) is 0 Å². The number of hydrogen-bond donors (Lipinski definition) is 1. The van der Waals surface area contributed by atoms with E-state index in [4.69, 9.17) is 9.81 Å². The average molecular weight is 254 g/mol. The number of benzene rings is 1. The van der Waals surface area contributed by atoms with E-state index >= 15 is 0 Å². The molecule has 7 heteroatoms. The number of rotatable bonds is 2. The van der Waals surface area contributed by atoms with Gasteiger partial charge in [-0.25, -0.2) is 4.98 Å². The van der Waals surface area contributed by atoms with Crippen LogP contribution in [0.15, 0.2) is 23.1 Å². The Balaban J connectivity index is 2.59. The lowest BCUT2D eigenvalue weighted by molar-refractivity contribution is 0.483. The molecule has 0 bridgehead atoms. The summed E-state index contributed by atoms with van der Waals surface area (Å²) in [6.07, 6.45) is 0.195. The van der Waals surface area contributed by atoms with E-state index in [2.05, 4.69) is 4.98 Å². The molecular formula is C9H6N2O3S2. The summed E-state index contributed by atoms with van der Waals surface area (Å²) >= 11 is 1.24. The number of fused-ring (bicyclic) bond motifs is 1. The van der Waals surface area contributed by atoms with Crippen molar-refractivity contribution >= 4 is 31.7 Å². The molecule has 1 heterocycles. The summed E-state index contributed by atoms with van der Waals surface area (Å²) in [6, 6.07) is 6.12. The van der Waals surface area contributed by atoms with Gasteiger partial charge in [-0.3, -0.25) is 4.55 Å². The highest BCUT2D eigenvalue weighted by Gasteiger charge is 2.11. The van der Waals surface area contributed by atoms with E-state index in [1.165, 1.54) is 29.5 Å². The van der Waals surface area contributed by atoms with Crippen LogP contribution in [-0.2, 0) is 16.5 Å². The van der Waals surface area contributed by atoms with Gasteiger partial charge < -0.3 is 0 Å². The van der Waals surface area contributed by atoms with Gasteiger partial charge in [0, 0.05) is 0 Å². The quantitative estimate of drug-likeness (QED) is 0.822. The second-order valence-corrected chi connectivity index (χ2v) is 5.58. The summed E-state index contributed by atoms with van der Waals surface area (Å²) in [4.78, 5) is 3.99. The fourth-order valence-electron chi connectivity index (χ4n) is 1.26. The van der Waals surface area contributed by atoms with Crippen LogP contribution in [0, 0.1) is 11.3 Å². The normalized spacial score (nSPS) is 11.5. The second-order valence-electron chi connectivity index (χ2n) is 3.05. The monoisotopic (exact) mass is 254 g/mol. The Labute approximate surface area is 95.7 Å². The maximum atomic E-state index is 10.9. The van der Waals surface area contributed by atoms with E-state index in [-0.39, 0.29) is 11.3 Å². The third-order valence-electron chi connectivity index (χ3n) is 1.93. The molecular weight excluding hydrogens is 248 g/mol. The lowest BCUT2D eigenvalue weighted by Crippen LogP contribution is -1.96. The van der Waals surface area contributed by atoms with Crippen molar-refractivity contribution in [2.75, 3.05) is 0 Å². The predicted molar refractivity (Wildman–Crippen MR) is 58.8 cm³/mol. The van der Waals surface area contributed by atoms with Crippen molar-refractivity contribution in [3.05, 3.63) is 23.2 Å². The number of nitriles is 1. The van der Waals surface area contributed by atoms with Gasteiger partial charge in [-0.1, -0.05) is 0 Å². The number of aromatic nitrogens is 1. The summed E-state index contributed by atoms with van der Waals surface area (Å²) in [6.45, 7) is 0. The first-order chi connectivity index (χ1) is 7.50. The summed E-state index contributed by atoms with van der Waals surface area (Å²) < 4.78 is 31.3. The van der Waals surface area contributed by atoms with E-state index in [0.29, 0.717) is 15.2 Å². The van der Waals surface area contributed by atoms with E-state index in [1.807, 2.05) is 6.07 Å². The minimum Gasteiger partial charge on any atom is -0.282 e. The van der Waals surface area contributed by atoms with Crippen LogP contribution in [0.4, 0.5) is 0 Å². The number of hydrogen-bond acceptors (Lipinski definition) is 5. The van der Waals surface area contributed by atoms with Crippen LogP contribution in [0.5, 0.6) is 0 Å². The maximum Gasteiger partial charge on any atom is 0.294 e. The van der Waals surface area contributed by atoms with Gasteiger partial charge >= 0.3 is 0 Å². The van der Waals surface area contributed by atoms with Gasteiger partial charge in [0.15, 0.2) is 0 Å². The third kappa shape index (κ3) is 2.04. The van der Waals surface area contributed by atoms with Gasteiger partial charge in [0.1, 0.15) is 5.01 Å². The van der Waals surface area contributed by atoms with Crippen LogP contribution < -0.4 is 0 Å². The topological polar surface area (TPSA) is 91.0 Å². The molecule has 0 aliphatic carbocycles. The molecule has 0 atom stereocenters. The first kappa shape index (κ1) is 11.0. The van der Waals surface area contributed by atoms with E-state index in [0.717, 1.165) is 0 Å². The largest absolute Gasteiger partial charge is 0.294 e. The first-order valence-corrected chi connectivity index (χ1v) is 6.50. The zero-order valence-electron chi connectivity index (χ0n) is 7.91. The number of thiazole rings is 1. The summed E-state index contributed by atoms with van der Waals surface area (Å²) in [7, 11) is -4.18. The average Bonchev–Trinajstić information content (AvgIpc) is 2.57. The minimum atomic E-state index is -4.18. The smallest absolute Gasteiger partial charge is 0.282 e. The molecule has 0 spiro atoms. The molecule has 1 N–H and O–H groups in total. The molecule has 0 aliphatic rings. The van der Waals surface area contributed by atoms with Gasteiger partial charge in [0.2, 0.25) is 0 Å². The van der Waals surface area contributed by atoms with E-state index in [1.54, 1.807) is 0 Å². The second kappa shape index (κ2) is 3.83. The van der Waals surface area contributed by atoms with Gasteiger partial charge in [-0.2, -0.15) is 13.7 Å². The Morgan fingerprint density at radius 2 is 2.25 bits per heavy atom. The van der Waals surface area contributed by atoms with Crippen molar-refractivity contribution in [2.24, 2.45) is 0 Å². The standard InChI is InChI=1S/C9H6N2O3S2/c10-4-3-9-11-7-2-1-6(16(12,13)14)5-8(7)15-9/h1-2,5H,3H2,(H,12,13,14). The minimum absolute atomic E-state index is 0.160. The Hall–Kier alpha value is -1.49. The molecule has 2 rings (SSSR count).